The summed E-state index contributed by atoms with van der Waals surface area (Å²) in [6, 6.07) is 8.78. The highest BCUT2D eigenvalue weighted by Crippen LogP contribution is 2.28. The molecule has 1 aromatic rings. The van der Waals surface area contributed by atoms with Crippen LogP contribution in [0.1, 0.15) is 65.0 Å². The minimum atomic E-state index is 0.349. The van der Waals surface area contributed by atoms with Gasteiger partial charge >= 0.3 is 0 Å². The second kappa shape index (κ2) is 8.21. The lowest BCUT2D eigenvalue weighted by molar-refractivity contribution is 0.133. The van der Waals surface area contributed by atoms with Crippen molar-refractivity contribution in [1.82, 2.24) is 4.90 Å². The van der Waals surface area contributed by atoms with Crippen LogP contribution in [0.4, 0.5) is 0 Å². The molecule has 1 N–H and O–H groups in total. The lowest BCUT2D eigenvalue weighted by atomic mass is 9.99. The molecule has 0 bridgehead atoms. The van der Waals surface area contributed by atoms with E-state index in [1.807, 2.05) is 0 Å². The number of benzene rings is 1. The number of rotatable bonds is 8. The van der Waals surface area contributed by atoms with Crippen molar-refractivity contribution >= 4 is 0 Å². The SMILES string of the molecule is CCCCN(C(C)CC)C(CC)c1ccc(O)cc1. The summed E-state index contributed by atoms with van der Waals surface area (Å²) in [5.41, 5.74) is 1.32. The van der Waals surface area contributed by atoms with E-state index in [2.05, 4.69) is 44.7 Å². The molecule has 2 heteroatoms. The van der Waals surface area contributed by atoms with E-state index >= 15 is 0 Å². The van der Waals surface area contributed by atoms with Gasteiger partial charge in [0.2, 0.25) is 0 Å². The normalized spacial score (nSPS) is 14.6. The number of nitrogens with zero attached hydrogens (tertiary/aromatic N) is 1. The first-order valence-corrected chi connectivity index (χ1v) is 7.68. The Bertz CT molecular complexity index is 347. The molecular weight excluding hydrogens is 234 g/mol. The van der Waals surface area contributed by atoms with Crippen molar-refractivity contribution in [3.63, 3.8) is 0 Å². The minimum Gasteiger partial charge on any atom is -0.508 e. The maximum Gasteiger partial charge on any atom is 0.115 e. The monoisotopic (exact) mass is 263 g/mol. The number of phenols is 1. The van der Waals surface area contributed by atoms with Crippen LogP contribution in [0.15, 0.2) is 24.3 Å². The highest BCUT2D eigenvalue weighted by molar-refractivity contribution is 5.28. The summed E-state index contributed by atoms with van der Waals surface area (Å²) in [5, 5.41) is 9.43. The lowest BCUT2D eigenvalue weighted by Gasteiger charge is -2.36. The number of unbranched alkanes of at least 4 members (excludes halogenated alkanes) is 1. The summed E-state index contributed by atoms with van der Waals surface area (Å²) < 4.78 is 0. The van der Waals surface area contributed by atoms with Gasteiger partial charge in [-0.3, -0.25) is 4.90 Å². The molecule has 0 fully saturated rings. The molecule has 19 heavy (non-hydrogen) atoms. The van der Waals surface area contributed by atoms with Crippen LogP contribution in [0.25, 0.3) is 0 Å². The van der Waals surface area contributed by atoms with Crippen LogP contribution >= 0.6 is 0 Å². The summed E-state index contributed by atoms with van der Waals surface area (Å²) in [4.78, 5) is 2.62. The minimum absolute atomic E-state index is 0.349. The zero-order valence-corrected chi connectivity index (χ0v) is 12.9. The molecule has 1 aromatic carbocycles. The Morgan fingerprint density at radius 2 is 1.68 bits per heavy atom. The van der Waals surface area contributed by atoms with E-state index in [9.17, 15) is 5.11 Å². The third-order valence-electron chi connectivity index (χ3n) is 3.99. The molecule has 0 aliphatic heterocycles. The predicted molar refractivity (Wildman–Crippen MR) is 82.5 cm³/mol. The van der Waals surface area contributed by atoms with Gasteiger partial charge in [0.25, 0.3) is 0 Å². The van der Waals surface area contributed by atoms with Gasteiger partial charge in [-0.2, -0.15) is 0 Å². The second-order valence-electron chi connectivity index (χ2n) is 5.36. The Balaban J connectivity index is 2.91. The number of hydrogen-bond acceptors (Lipinski definition) is 2. The zero-order valence-electron chi connectivity index (χ0n) is 12.9. The molecule has 2 nitrogen and oxygen atoms in total. The molecule has 0 aromatic heterocycles. The van der Waals surface area contributed by atoms with Gasteiger partial charge in [0, 0.05) is 12.1 Å². The molecule has 0 amide bonds. The van der Waals surface area contributed by atoms with E-state index in [-0.39, 0.29) is 0 Å². The van der Waals surface area contributed by atoms with Gasteiger partial charge in [0.05, 0.1) is 0 Å². The first-order chi connectivity index (χ1) is 9.13. The first kappa shape index (κ1) is 16.0. The topological polar surface area (TPSA) is 23.5 Å². The Hall–Kier alpha value is -1.02. The quantitative estimate of drug-likeness (QED) is 0.732. The van der Waals surface area contributed by atoms with Crippen molar-refractivity contribution in [3.05, 3.63) is 29.8 Å². The van der Waals surface area contributed by atoms with E-state index in [1.165, 1.54) is 24.8 Å². The summed E-state index contributed by atoms with van der Waals surface area (Å²) in [5.74, 6) is 0.349. The fraction of sp³-hybridized carbons (Fsp3) is 0.647. The van der Waals surface area contributed by atoms with Gasteiger partial charge in [0.15, 0.2) is 0 Å². The number of hydrogen-bond donors (Lipinski definition) is 1. The Kier molecular flexibility index (Phi) is 6.93. The van der Waals surface area contributed by atoms with Crippen molar-refractivity contribution < 1.29 is 5.11 Å². The Labute approximate surface area is 118 Å². The van der Waals surface area contributed by atoms with Crippen LogP contribution in [0.5, 0.6) is 5.75 Å². The molecular formula is C17H29NO. The Morgan fingerprint density at radius 1 is 1.05 bits per heavy atom. The fourth-order valence-corrected chi connectivity index (χ4v) is 2.62. The average Bonchev–Trinajstić information content (AvgIpc) is 2.44. The van der Waals surface area contributed by atoms with Crippen LogP contribution < -0.4 is 0 Å². The molecule has 0 spiro atoms. The summed E-state index contributed by atoms with van der Waals surface area (Å²) in [6.07, 6.45) is 4.77. The van der Waals surface area contributed by atoms with Crippen molar-refractivity contribution in [2.45, 2.75) is 65.5 Å². The standard InChI is InChI=1S/C17H29NO/c1-5-8-13-18(14(4)6-2)17(7-3)15-9-11-16(19)12-10-15/h9-12,14,17,19H,5-8,13H2,1-4H3. The van der Waals surface area contributed by atoms with Gasteiger partial charge in [-0.25, -0.2) is 0 Å². The van der Waals surface area contributed by atoms with E-state index in [4.69, 9.17) is 0 Å². The Morgan fingerprint density at radius 3 is 2.16 bits per heavy atom. The van der Waals surface area contributed by atoms with Crippen molar-refractivity contribution in [3.8, 4) is 5.75 Å². The zero-order chi connectivity index (χ0) is 14.3. The van der Waals surface area contributed by atoms with Crippen LogP contribution in [-0.2, 0) is 0 Å². The highest BCUT2D eigenvalue weighted by Gasteiger charge is 2.22. The summed E-state index contributed by atoms with van der Waals surface area (Å²) >= 11 is 0. The predicted octanol–water partition coefficient (Wildman–Crippen LogP) is 4.74. The van der Waals surface area contributed by atoms with E-state index in [0.717, 1.165) is 13.0 Å². The number of phenolic OH excluding ortho intramolecular Hbond substituents is 1. The lowest BCUT2D eigenvalue weighted by Crippen LogP contribution is -2.37. The van der Waals surface area contributed by atoms with E-state index in [0.29, 0.717) is 17.8 Å². The first-order valence-electron chi connectivity index (χ1n) is 7.68. The van der Waals surface area contributed by atoms with Crippen LogP contribution in [0, 0.1) is 0 Å². The van der Waals surface area contributed by atoms with Gasteiger partial charge in [-0.15, -0.1) is 0 Å². The third-order valence-corrected chi connectivity index (χ3v) is 3.99. The highest BCUT2D eigenvalue weighted by atomic mass is 16.3. The van der Waals surface area contributed by atoms with Gasteiger partial charge in [-0.05, 0) is 50.4 Å². The van der Waals surface area contributed by atoms with Gasteiger partial charge < -0.3 is 5.11 Å². The van der Waals surface area contributed by atoms with Gasteiger partial charge in [-0.1, -0.05) is 39.3 Å². The van der Waals surface area contributed by atoms with Crippen molar-refractivity contribution in [1.29, 1.82) is 0 Å². The maximum absolute atomic E-state index is 9.43. The molecule has 0 aliphatic carbocycles. The molecule has 0 saturated carbocycles. The van der Waals surface area contributed by atoms with E-state index < -0.39 is 0 Å². The molecule has 2 atom stereocenters. The summed E-state index contributed by atoms with van der Waals surface area (Å²) in [7, 11) is 0. The number of aromatic hydroxyl groups is 1. The second-order valence-corrected chi connectivity index (χ2v) is 5.36. The van der Waals surface area contributed by atoms with E-state index in [1.54, 1.807) is 12.1 Å². The molecule has 108 valence electrons. The van der Waals surface area contributed by atoms with Crippen LogP contribution in [0.2, 0.25) is 0 Å². The summed E-state index contributed by atoms with van der Waals surface area (Å²) in [6.45, 7) is 10.2. The van der Waals surface area contributed by atoms with Gasteiger partial charge in [0.1, 0.15) is 5.75 Å². The van der Waals surface area contributed by atoms with Crippen LogP contribution in [-0.4, -0.2) is 22.6 Å². The maximum atomic E-state index is 9.43. The van der Waals surface area contributed by atoms with Crippen molar-refractivity contribution in [2.75, 3.05) is 6.54 Å². The van der Waals surface area contributed by atoms with Crippen molar-refractivity contribution in [2.24, 2.45) is 0 Å². The molecule has 2 unspecified atom stereocenters. The molecule has 0 radical (unpaired) electrons. The molecule has 1 rings (SSSR count). The average molecular weight is 263 g/mol. The smallest absolute Gasteiger partial charge is 0.115 e. The molecule has 0 heterocycles. The largest absolute Gasteiger partial charge is 0.508 e. The molecule has 0 saturated heterocycles. The third kappa shape index (κ3) is 4.54. The fourth-order valence-electron chi connectivity index (χ4n) is 2.62. The molecule has 0 aliphatic rings. The van der Waals surface area contributed by atoms with Crippen LogP contribution in [0.3, 0.4) is 0 Å².